The van der Waals surface area contributed by atoms with Gasteiger partial charge in [-0.3, -0.25) is 4.79 Å². The van der Waals surface area contributed by atoms with E-state index in [0.29, 0.717) is 13.2 Å². The van der Waals surface area contributed by atoms with Crippen molar-refractivity contribution in [1.82, 2.24) is 5.32 Å². The molecule has 4 nitrogen and oxygen atoms in total. The van der Waals surface area contributed by atoms with Crippen molar-refractivity contribution in [2.75, 3.05) is 19.8 Å². The van der Waals surface area contributed by atoms with E-state index in [1.807, 2.05) is 18.2 Å². The lowest BCUT2D eigenvalue weighted by Crippen LogP contribution is -2.44. The molecule has 2 aliphatic heterocycles. The molecule has 0 aliphatic carbocycles. The zero-order valence-corrected chi connectivity index (χ0v) is 9.79. The Labute approximate surface area is 99.9 Å². The molecule has 0 unspecified atom stereocenters. The summed E-state index contributed by atoms with van der Waals surface area (Å²) < 4.78 is 10.9. The third-order valence-corrected chi connectivity index (χ3v) is 3.25. The topological polar surface area (TPSA) is 47.6 Å². The molecule has 90 valence electrons. The summed E-state index contributed by atoms with van der Waals surface area (Å²) in [6.07, 6.45) is 0. The van der Waals surface area contributed by atoms with Gasteiger partial charge in [0.05, 0.1) is 19.8 Å². The second-order valence-electron chi connectivity index (χ2n) is 5.09. The summed E-state index contributed by atoms with van der Waals surface area (Å²) in [4.78, 5) is 11.5. The number of ether oxygens (including phenoxy) is 2. The van der Waals surface area contributed by atoms with Crippen molar-refractivity contribution in [1.29, 1.82) is 0 Å². The normalized spacial score (nSPS) is 20.4. The zero-order valence-electron chi connectivity index (χ0n) is 9.79. The lowest BCUT2D eigenvalue weighted by molar-refractivity contribution is -0.120. The Kier molecular flexibility index (Phi) is 2.33. The van der Waals surface area contributed by atoms with Crippen LogP contribution in [0.5, 0.6) is 5.75 Å². The van der Waals surface area contributed by atoms with Crippen LogP contribution < -0.4 is 10.1 Å². The molecule has 2 aliphatic rings. The van der Waals surface area contributed by atoms with Crippen LogP contribution in [0.1, 0.15) is 22.8 Å². The average Bonchev–Trinajstić information content (AvgIpc) is 2.66. The second kappa shape index (κ2) is 3.74. The molecule has 0 bridgehead atoms. The molecule has 1 fully saturated rings. The first-order valence-corrected chi connectivity index (χ1v) is 5.78. The third kappa shape index (κ3) is 1.89. The van der Waals surface area contributed by atoms with Gasteiger partial charge in [0.1, 0.15) is 5.75 Å². The minimum Gasteiger partial charge on any atom is -0.493 e. The van der Waals surface area contributed by atoms with Crippen LogP contribution in [0, 0.1) is 5.41 Å². The molecule has 1 aromatic rings. The quantitative estimate of drug-likeness (QED) is 0.857. The molecule has 1 saturated heterocycles. The Hall–Kier alpha value is -1.55. The number of amides is 1. The summed E-state index contributed by atoms with van der Waals surface area (Å²) in [6.45, 7) is 4.89. The Bertz CT molecular complexity index is 466. The molecular weight excluding hydrogens is 218 g/mol. The molecule has 1 amide bonds. The number of nitrogens with one attached hydrogen (secondary N) is 1. The molecule has 4 heteroatoms. The van der Waals surface area contributed by atoms with E-state index in [0.717, 1.165) is 30.1 Å². The fourth-order valence-electron chi connectivity index (χ4n) is 2.07. The van der Waals surface area contributed by atoms with Crippen LogP contribution in [0.2, 0.25) is 0 Å². The van der Waals surface area contributed by atoms with Gasteiger partial charge in [-0.15, -0.1) is 0 Å². The summed E-state index contributed by atoms with van der Waals surface area (Å²) in [5.41, 5.74) is 1.90. The van der Waals surface area contributed by atoms with Gasteiger partial charge >= 0.3 is 0 Å². The minimum absolute atomic E-state index is 0.0105. The summed E-state index contributed by atoms with van der Waals surface area (Å²) in [5.74, 6) is 0.748. The predicted octanol–water partition coefficient (Wildman–Crippen LogP) is 1.35. The van der Waals surface area contributed by atoms with Gasteiger partial charge in [0.15, 0.2) is 0 Å². The maximum absolute atomic E-state index is 11.5. The van der Waals surface area contributed by atoms with Gasteiger partial charge in [-0.05, 0) is 17.7 Å². The lowest BCUT2D eigenvalue weighted by Gasteiger charge is -2.37. The Morgan fingerprint density at radius 1 is 1.47 bits per heavy atom. The first-order chi connectivity index (χ1) is 8.16. The average molecular weight is 233 g/mol. The summed E-state index contributed by atoms with van der Waals surface area (Å²) in [5, 5.41) is 2.79. The molecule has 1 aromatic carbocycles. The number of rotatable bonds is 3. The summed E-state index contributed by atoms with van der Waals surface area (Å²) >= 11 is 0. The maximum Gasteiger partial charge on any atom is 0.252 e. The van der Waals surface area contributed by atoms with Crippen LogP contribution in [0.3, 0.4) is 0 Å². The number of carbonyl (C=O) groups excluding carboxylic acids is 1. The van der Waals surface area contributed by atoms with E-state index < -0.39 is 0 Å². The van der Waals surface area contributed by atoms with E-state index >= 15 is 0 Å². The van der Waals surface area contributed by atoms with Gasteiger partial charge in [0, 0.05) is 17.5 Å². The van der Waals surface area contributed by atoms with Crippen molar-refractivity contribution in [2.45, 2.75) is 13.5 Å². The molecule has 0 spiro atoms. The largest absolute Gasteiger partial charge is 0.493 e. The van der Waals surface area contributed by atoms with E-state index in [9.17, 15) is 4.79 Å². The number of hydrogen-bond donors (Lipinski definition) is 1. The van der Waals surface area contributed by atoms with Crippen molar-refractivity contribution in [2.24, 2.45) is 5.41 Å². The number of fused-ring (bicyclic) bond motifs is 1. The number of carbonyl (C=O) groups is 1. The highest BCUT2D eigenvalue weighted by Crippen LogP contribution is 2.28. The molecule has 2 heterocycles. The van der Waals surface area contributed by atoms with Crippen LogP contribution in [-0.4, -0.2) is 25.7 Å². The first-order valence-electron chi connectivity index (χ1n) is 5.78. The Morgan fingerprint density at radius 2 is 2.29 bits per heavy atom. The molecular formula is C13H15NO3. The smallest absolute Gasteiger partial charge is 0.252 e. The van der Waals surface area contributed by atoms with Crippen LogP contribution in [0.4, 0.5) is 0 Å². The maximum atomic E-state index is 11.5. The van der Waals surface area contributed by atoms with Gasteiger partial charge in [-0.25, -0.2) is 0 Å². The highest BCUT2D eigenvalue weighted by atomic mass is 16.5. The monoisotopic (exact) mass is 233 g/mol. The first kappa shape index (κ1) is 10.6. The van der Waals surface area contributed by atoms with Crippen molar-refractivity contribution < 1.29 is 14.3 Å². The van der Waals surface area contributed by atoms with Crippen molar-refractivity contribution in [3.63, 3.8) is 0 Å². The molecule has 0 radical (unpaired) electrons. The van der Waals surface area contributed by atoms with E-state index in [1.54, 1.807) is 0 Å². The summed E-state index contributed by atoms with van der Waals surface area (Å²) in [6, 6.07) is 5.69. The molecule has 17 heavy (non-hydrogen) atoms. The zero-order chi connectivity index (χ0) is 11.9. The molecule has 0 atom stereocenters. The van der Waals surface area contributed by atoms with Crippen LogP contribution in [0.25, 0.3) is 0 Å². The Balaban J connectivity index is 1.72. The lowest BCUT2D eigenvalue weighted by atomic mass is 9.90. The van der Waals surface area contributed by atoms with Crippen LogP contribution in [0.15, 0.2) is 18.2 Å². The second-order valence-corrected chi connectivity index (χ2v) is 5.09. The highest BCUT2D eigenvalue weighted by molar-refractivity contribution is 5.98. The Morgan fingerprint density at radius 3 is 3.00 bits per heavy atom. The highest BCUT2D eigenvalue weighted by Gasteiger charge is 2.34. The minimum atomic E-state index is -0.0105. The van der Waals surface area contributed by atoms with Gasteiger partial charge in [0.2, 0.25) is 0 Å². The van der Waals surface area contributed by atoms with Crippen molar-refractivity contribution in [3.8, 4) is 5.75 Å². The standard InChI is InChI=1S/C13H15NO3/c1-13(6-16-7-13)8-17-10-3-2-9-5-14-12(15)11(9)4-10/h2-4H,5-8H2,1H3,(H,14,15). The van der Waals surface area contributed by atoms with E-state index in [4.69, 9.17) is 9.47 Å². The van der Waals surface area contributed by atoms with E-state index in [-0.39, 0.29) is 11.3 Å². The molecule has 1 N–H and O–H groups in total. The van der Waals surface area contributed by atoms with Crippen LogP contribution >= 0.6 is 0 Å². The molecule has 3 rings (SSSR count). The number of benzene rings is 1. The SMILES string of the molecule is CC1(COc2ccc3c(c2)C(=O)NC3)COC1. The molecule has 0 aromatic heterocycles. The third-order valence-electron chi connectivity index (χ3n) is 3.25. The van der Waals surface area contributed by atoms with Crippen molar-refractivity contribution >= 4 is 5.91 Å². The fourth-order valence-corrected chi connectivity index (χ4v) is 2.07. The number of hydrogen-bond acceptors (Lipinski definition) is 3. The van der Waals surface area contributed by atoms with Gasteiger partial charge < -0.3 is 14.8 Å². The van der Waals surface area contributed by atoms with Gasteiger partial charge in [-0.2, -0.15) is 0 Å². The molecule has 0 saturated carbocycles. The predicted molar refractivity (Wildman–Crippen MR) is 62.0 cm³/mol. The van der Waals surface area contributed by atoms with Gasteiger partial charge in [-0.1, -0.05) is 13.0 Å². The van der Waals surface area contributed by atoms with E-state index in [2.05, 4.69) is 12.2 Å². The fraction of sp³-hybridized carbons (Fsp3) is 0.462. The van der Waals surface area contributed by atoms with Crippen LogP contribution in [-0.2, 0) is 11.3 Å². The summed E-state index contributed by atoms with van der Waals surface area (Å²) in [7, 11) is 0. The van der Waals surface area contributed by atoms with E-state index in [1.165, 1.54) is 0 Å². The van der Waals surface area contributed by atoms with Crippen molar-refractivity contribution in [3.05, 3.63) is 29.3 Å². The van der Waals surface area contributed by atoms with Gasteiger partial charge in [0.25, 0.3) is 5.91 Å².